The van der Waals surface area contributed by atoms with Gasteiger partial charge in [-0.05, 0) is 63.4 Å². The maximum Gasteiger partial charge on any atom is 0.258 e. The largest absolute Gasteiger partial charge is 0.490 e. The molecule has 11 nitrogen and oxygen atoms in total. The normalized spacial score (nSPS) is 21.7. The Bertz CT molecular complexity index is 1280. The molecule has 1 aromatic heterocycles. The molecule has 41 heavy (non-hydrogen) atoms. The van der Waals surface area contributed by atoms with Gasteiger partial charge in [0.1, 0.15) is 5.75 Å². The van der Waals surface area contributed by atoms with Gasteiger partial charge < -0.3 is 24.4 Å². The number of aromatic nitrogens is 1. The number of aliphatic hydroxyl groups is 1. The van der Waals surface area contributed by atoms with Gasteiger partial charge >= 0.3 is 0 Å². The molecule has 0 saturated heterocycles. The molecule has 1 aliphatic rings. The number of pyridine rings is 1. The molecule has 2 heterocycles. The van der Waals surface area contributed by atoms with Crippen LogP contribution in [0.3, 0.4) is 0 Å². The number of aliphatic hydroxyl groups excluding tert-OH is 1. The number of sulfonamides is 1. The van der Waals surface area contributed by atoms with Crippen LogP contribution in [0, 0.1) is 5.92 Å². The Morgan fingerprint density at radius 2 is 1.93 bits per heavy atom. The molecule has 0 aliphatic carbocycles. The SMILES string of the molecule is C[C@@H]1CCCCO[C@H](CN(C)C(=O)c2ccncc2)[C@H](C)CN([C@@H](C)CO)C(=O)c2cc(NS(C)(=O)=O)ccc2O1. The van der Waals surface area contributed by atoms with Gasteiger partial charge in [-0.2, -0.15) is 0 Å². The van der Waals surface area contributed by atoms with Gasteiger partial charge in [0.2, 0.25) is 10.0 Å². The van der Waals surface area contributed by atoms with Crippen LogP contribution in [0.5, 0.6) is 5.75 Å². The third kappa shape index (κ3) is 9.40. The van der Waals surface area contributed by atoms with Crippen LogP contribution in [0.4, 0.5) is 5.69 Å². The summed E-state index contributed by atoms with van der Waals surface area (Å²) in [5.41, 5.74) is 0.947. The number of hydrogen-bond acceptors (Lipinski definition) is 8. The highest BCUT2D eigenvalue weighted by atomic mass is 32.2. The van der Waals surface area contributed by atoms with Gasteiger partial charge in [0.25, 0.3) is 11.8 Å². The van der Waals surface area contributed by atoms with E-state index in [2.05, 4.69) is 9.71 Å². The van der Waals surface area contributed by atoms with Crippen LogP contribution >= 0.6 is 0 Å². The Balaban J connectivity index is 1.95. The third-order valence-corrected chi connectivity index (χ3v) is 7.69. The average Bonchev–Trinajstić information content (AvgIpc) is 2.93. The highest BCUT2D eigenvalue weighted by molar-refractivity contribution is 7.92. The summed E-state index contributed by atoms with van der Waals surface area (Å²) in [6.07, 6.45) is 5.93. The maximum atomic E-state index is 14.0. The Morgan fingerprint density at radius 1 is 1.22 bits per heavy atom. The van der Waals surface area contributed by atoms with Crippen LogP contribution < -0.4 is 9.46 Å². The number of ether oxygens (including phenoxy) is 2. The number of carbonyl (C=O) groups excluding carboxylic acids is 2. The number of nitrogens with one attached hydrogen (secondary N) is 1. The summed E-state index contributed by atoms with van der Waals surface area (Å²) in [6.45, 7) is 6.34. The number of rotatable bonds is 7. The molecule has 3 rings (SSSR count). The summed E-state index contributed by atoms with van der Waals surface area (Å²) in [6, 6.07) is 7.40. The number of nitrogens with zero attached hydrogens (tertiary/aromatic N) is 3. The van der Waals surface area contributed by atoms with E-state index in [1.807, 2.05) is 13.8 Å². The second-order valence-electron chi connectivity index (χ2n) is 10.8. The highest BCUT2D eigenvalue weighted by Crippen LogP contribution is 2.29. The van der Waals surface area contributed by atoms with Crippen molar-refractivity contribution in [3.05, 3.63) is 53.9 Å². The standard InChI is InChI=1S/C29H42N4O7S/c1-20-17-33(21(2)19-34)29(36)25-16-24(31-41(5,37)38)9-10-26(25)40-22(3)8-6-7-15-39-27(20)18-32(4)28(35)23-11-13-30-14-12-23/h9-14,16,20-22,27,31,34H,6-8,15,17-19H2,1-5H3/t20-,21+,22-,27-/m1/s1. The number of benzene rings is 1. The van der Waals surface area contributed by atoms with Gasteiger partial charge in [-0.15, -0.1) is 0 Å². The third-order valence-electron chi connectivity index (χ3n) is 7.08. The lowest BCUT2D eigenvalue weighted by Crippen LogP contribution is -2.48. The number of likely N-dealkylation sites (N-methyl/N-ethyl adjacent to an activating group) is 1. The summed E-state index contributed by atoms with van der Waals surface area (Å²) in [4.78, 5) is 34.2. The van der Waals surface area contributed by atoms with E-state index in [-0.39, 0.29) is 48.4 Å². The molecule has 1 aromatic carbocycles. The monoisotopic (exact) mass is 590 g/mol. The molecule has 4 atom stereocenters. The highest BCUT2D eigenvalue weighted by Gasteiger charge is 2.31. The van der Waals surface area contributed by atoms with Crippen molar-refractivity contribution in [2.75, 3.05) is 44.3 Å². The number of amides is 2. The van der Waals surface area contributed by atoms with Crippen molar-refractivity contribution in [2.24, 2.45) is 5.92 Å². The number of anilines is 1. The molecule has 2 N–H and O–H groups in total. The molecule has 0 fully saturated rings. The van der Waals surface area contributed by atoms with E-state index in [1.165, 1.54) is 6.07 Å². The van der Waals surface area contributed by atoms with Crippen molar-refractivity contribution in [3.8, 4) is 5.75 Å². The number of carbonyl (C=O) groups is 2. The van der Waals surface area contributed by atoms with Crippen LogP contribution in [0.15, 0.2) is 42.7 Å². The minimum Gasteiger partial charge on any atom is -0.490 e. The molecule has 0 unspecified atom stereocenters. The molecule has 0 bridgehead atoms. The van der Waals surface area contributed by atoms with Crippen LogP contribution in [0.2, 0.25) is 0 Å². The van der Waals surface area contributed by atoms with Crippen molar-refractivity contribution >= 4 is 27.5 Å². The van der Waals surface area contributed by atoms with Gasteiger partial charge in [0, 0.05) is 56.3 Å². The van der Waals surface area contributed by atoms with E-state index >= 15 is 0 Å². The zero-order valence-corrected chi connectivity index (χ0v) is 25.3. The van der Waals surface area contributed by atoms with E-state index in [4.69, 9.17) is 9.47 Å². The zero-order chi connectivity index (χ0) is 30.2. The molecule has 2 amide bonds. The zero-order valence-electron chi connectivity index (χ0n) is 24.4. The lowest BCUT2D eigenvalue weighted by molar-refractivity contribution is -0.0149. The molecule has 226 valence electrons. The van der Waals surface area contributed by atoms with Crippen molar-refractivity contribution in [2.45, 2.75) is 58.3 Å². The van der Waals surface area contributed by atoms with Crippen molar-refractivity contribution in [3.63, 3.8) is 0 Å². The minimum atomic E-state index is -3.58. The maximum absolute atomic E-state index is 14.0. The van der Waals surface area contributed by atoms with Crippen LogP contribution in [-0.2, 0) is 14.8 Å². The van der Waals surface area contributed by atoms with Crippen molar-refractivity contribution in [1.29, 1.82) is 0 Å². The molecule has 0 spiro atoms. The Hall–Kier alpha value is -3.22. The second kappa shape index (κ2) is 14.6. The molecular formula is C29H42N4O7S. The first-order valence-electron chi connectivity index (χ1n) is 13.9. The predicted octanol–water partition coefficient (Wildman–Crippen LogP) is 3.02. The molecule has 1 aliphatic heterocycles. The van der Waals surface area contributed by atoms with E-state index in [1.54, 1.807) is 60.4 Å². The molecule has 0 saturated carbocycles. The van der Waals surface area contributed by atoms with Crippen molar-refractivity contribution < 1.29 is 32.6 Å². The quantitative estimate of drug-likeness (QED) is 0.502. The first-order chi connectivity index (χ1) is 19.4. The molecular weight excluding hydrogens is 548 g/mol. The summed E-state index contributed by atoms with van der Waals surface area (Å²) < 4.78 is 38.7. The van der Waals surface area contributed by atoms with Crippen LogP contribution in [0.1, 0.15) is 60.7 Å². The predicted molar refractivity (Wildman–Crippen MR) is 157 cm³/mol. The molecule has 12 heteroatoms. The van der Waals surface area contributed by atoms with E-state index in [0.29, 0.717) is 24.5 Å². The fourth-order valence-corrected chi connectivity index (χ4v) is 5.29. The molecule has 0 radical (unpaired) electrons. The topological polar surface area (TPSA) is 138 Å². The van der Waals surface area contributed by atoms with E-state index < -0.39 is 22.0 Å². The first kappa shape index (κ1) is 32.3. The Morgan fingerprint density at radius 3 is 2.59 bits per heavy atom. The van der Waals surface area contributed by atoms with Crippen molar-refractivity contribution in [1.82, 2.24) is 14.8 Å². The van der Waals surface area contributed by atoms with E-state index in [0.717, 1.165) is 25.5 Å². The fourth-order valence-electron chi connectivity index (χ4n) is 4.73. The fraction of sp³-hybridized carbons (Fsp3) is 0.552. The summed E-state index contributed by atoms with van der Waals surface area (Å²) in [5.74, 6) is -0.444. The Kier molecular flexibility index (Phi) is 11.5. The van der Waals surface area contributed by atoms with Crippen LogP contribution in [0.25, 0.3) is 0 Å². The van der Waals surface area contributed by atoms with Gasteiger partial charge in [0.05, 0.1) is 36.7 Å². The summed E-state index contributed by atoms with van der Waals surface area (Å²) >= 11 is 0. The smallest absolute Gasteiger partial charge is 0.258 e. The average molecular weight is 591 g/mol. The lowest BCUT2D eigenvalue weighted by atomic mass is 10.0. The summed E-state index contributed by atoms with van der Waals surface area (Å²) in [7, 11) is -1.86. The number of fused-ring (bicyclic) bond motifs is 1. The van der Waals surface area contributed by atoms with Crippen LogP contribution in [-0.4, -0.2) is 98.0 Å². The summed E-state index contributed by atoms with van der Waals surface area (Å²) in [5, 5.41) is 10.1. The van der Waals surface area contributed by atoms with Gasteiger partial charge in [0.15, 0.2) is 0 Å². The van der Waals surface area contributed by atoms with Gasteiger partial charge in [-0.25, -0.2) is 8.42 Å². The van der Waals surface area contributed by atoms with Gasteiger partial charge in [-0.1, -0.05) is 6.92 Å². The number of hydrogen-bond donors (Lipinski definition) is 2. The Labute approximate surface area is 242 Å². The van der Waals surface area contributed by atoms with E-state index in [9.17, 15) is 23.1 Å². The minimum absolute atomic E-state index is 0.162. The van der Waals surface area contributed by atoms with Gasteiger partial charge in [-0.3, -0.25) is 19.3 Å². The molecule has 2 aromatic rings. The first-order valence-corrected chi connectivity index (χ1v) is 15.8. The second-order valence-corrected chi connectivity index (χ2v) is 12.6. The lowest BCUT2D eigenvalue weighted by Gasteiger charge is -2.36.